The normalized spacial score (nSPS) is 20.0. The molecule has 63 heavy (non-hydrogen) atoms. The van der Waals surface area contributed by atoms with Gasteiger partial charge in [-0.25, -0.2) is 14.9 Å². The van der Waals surface area contributed by atoms with E-state index in [1.54, 1.807) is 11.7 Å². The van der Waals surface area contributed by atoms with Gasteiger partial charge in [-0.2, -0.15) is 0 Å². The summed E-state index contributed by atoms with van der Waals surface area (Å²) in [7, 11) is 1.43. The van der Waals surface area contributed by atoms with Gasteiger partial charge in [0, 0.05) is 50.2 Å². The number of carbonyl (C=O) groups excluding carboxylic acids is 1. The first-order chi connectivity index (χ1) is 30.3. The lowest BCUT2D eigenvalue weighted by molar-refractivity contribution is -0.135. The Morgan fingerprint density at radius 2 is 1.90 bits per heavy atom. The molecule has 0 bridgehead atoms. The summed E-state index contributed by atoms with van der Waals surface area (Å²) < 4.78 is 16.3. The van der Waals surface area contributed by atoms with Crippen LogP contribution in [0.25, 0.3) is 28.2 Å². The fourth-order valence-corrected chi connectivity index (χ4v) is 8.10. The number of rotatable bonds is 14. The van der Waals surface area contributed by atoms with Gasteiger partial charge in [-0.05, 0) is 110 Å². The number of alkyl halides is 1. The van der Waals surface area contributed by atoms with Crippen LogP contribution in [0.4, 0.5) is 4.39 Å². The Balaban J connectivity index is 0.00000100. The van der Waals surface area contributed by atoms with Gasteiger partial charge in [-0.15, -0.1) is 0 Å². The van der Waals surface area contributed by atoms with Crippen molar-refractivity contribution in [2.45, 2.75) is 118 Å². The summed E-state index contributed by atoms with van der Waals surface area (Å²) in [6.07, 6.45) is 17.2. The first-order valence-electron chi connectivity index (χ1n) is 22.7. The van der Waals surface area contributed by atoms with Crippen molar-refractivity contribution in [3.05, 3.63) is 120 Å². The zero-order valence-corrected chi connectivity index (χ0v) is 39.2. The number of amides is 1. The van der Waals surface area contributed by atoms with Crippen LogP contribution in [0.1, 0.15) is 109 Å². The number of nitrogens with one attached hydrogen (secondary N) is 5. The molecule has 5 atom stereocenters. The maximum absolute atomic E-state index is 13.9. The third-order valence-corrected chi connectivity index (χ3v) is 11.7. The molecule has 1 amide bonds. The number of hydrogen-bond donors (Lipinski definition) is 6. The van der Waals surface area contributed by atoms with Crippen molar-refractivity contribution < 1.29 is 14.4 Å². The van der Waals surface area contributed by atoms with E-state index in [1.807, 2.05) is 37.1 Å². The number of nitrogens with zero attached hydrogens (tertiary/aromatic N) is 4. The molecule has 0 spiro atoms. The molecule has 0 saturated carbocycles. The number of aryl methyl sites for hydroxylation is 1. The van der Waals surface area contributed by atoms with Crippen molar-refractivity contribution in [2.24, 2.45) is 16.8 Å². The number of likely N-dealkylation sites (tertiary alicyclic amines) is 1. The summed E-state index contributed by atoms with van der Waals surface area (Å²) in [5.41, 5.74) is 11.0. The predicted octanol–water partition coefficient (Wildman–Crippen LogP) is 9.95. The standard InChI is InChI=1S/C45H57FN8O.C5H12.CH5NO/c1-8-11-14-31(9-2)40-24-34-23-33(39-28-50-44(52-39)37-25-35(46)26-49-37)17-18-36(34)41-22-30(6)21-32(15-12-19-53(40)41)38(27-47-7)51-42-16-13-20-54(42)45(55)43(29(4)5)48-10-3;1-4-5(2)3;1-2-3/h8-9,11-12,14-15,17-19,21-23,27-29,35,37,40,42-43,48-49,51H,2,7,10,13,16,20,24-26H2,1,3-6H3,(H,50,52);5H,4H2,1-3H3;2-3H,1H3/b11-8-,19-12?,30-21?,31-14+,32-15?,38-27-,41-22?;;. The van der Waals surface area contributed by atoms with E-state index in [1.165, 1.54) is 19.0 Å². The van der Waals surface area contributed by atoms with Crippen molar-refractivity contribution >= 4 is 18.3 Å². The topological polar surface area (TPSA) is 135 Å². The first-order valence-corrected chi connectivity index (χ1v) is 22.7. The number of imidazole rings is 1. The average Bonchev–Trinajstić information content (AvgIpc) is 4.05. The summed E-state index contributed by atoms with van der Waals surface area (Å²) in [5, 5.41) is 17.6. The van der Waals surface area contributed by atoms with Crippen LogP contribution in [-0.4, -0.2) is 82.3 Å². The predicted molar refractivity (Wildman–Crippen MR) is 260 cm³/mol. The Morgan fingerprint density at radius 1 is 1.16 bits per heavy atom. The number of hydroxylamine groups is 1. The van der Waals surface area contributed by atoms with E-state index in [4.69, 9.17) is 5.21 Å². The third kappa shape index (κ3) is 13.7. The van der Waals surface area contributed by atoms with Gasteiger partial charge in [-0.3, -0.25) is 9.79 Å². The zero-order valence-electron chi connectivity index (χ0n) is 39.2. The molecular weight excluding hydrogens is 790 g/mol. The quantitative estimate of drug-likeness (QED) is 0.0540. The molecule has 0 radical (unpaired) electrons. The number of fused-ring (bicyclic) bond motifs is 3. The largest absolute Gasteiger partial charge is 0.363 e. The van der Waals surface area contributed by atoms with Crippen LogP contribution in [0.5, 0.6) is 0 Å². The van der Waals surface area contributed by atoms with Gasteiger partial charge in [0.2, 0.25) is 5.91 Å². The van der Waals surface area contributed by atoms with Crippen LogP contribution >= 0.6 is 0 Å². The molecule has 2 aromatic heterocycles. The molecule has 3 aliphatic rings. The van der Waals surface area contributed by atoms with Gasteiger partial charge >= 0.3 is 0 Å². The summed E-state index contributed by atoms with van der Waals surface area (Å²) in [6.45, 7) is 26.8. The lowest BCUT2D eigenvalue weighted by atomic mass is 9.87. The van der Waals surface area contributed by atoms with E-state index >= 15 is 0 Å². The molecule has 1 aromatic carbocycles. The highest BCUT2D eigenvalue weighted by Crippen LogP contribution is 2.40. The highest BCUT2D eigenvalue weighted by Gasteiger charge is 2.35. The van der Waals surface area contributed by atoms with Crippen LogP contribution < -0.4 is 21.4 Å². The van der Waals surface area contributed by atoms with Gasteiger partial charge in [0.1, 0.15) is 18.2 Å². The van der Waals surface area contributed by atoms with Gasteiger partial charge in [0.15, 0.2) is 0 Å². The van der Waals surface area contributed by atoms with Gasteiger partial charge in [0.05, 0.1) is 35.7 Å². The fraction of sp³-hybridized carbons (Fsp3) is 0.471. The van der Waals surface area contributed by atoms with Crippen molar-refractivity contribution in [1.29, 1.82) is 0 Å². The monoisotopic (exact) mass is 864 g/mol. The van der Waals surface area contributed by atoms with Crippen LogP contribution in [0.15, 0.2) is 103 Å². The lowest BCUT2D eigenvalue weighted by Gasteiger charge is -2.32. The molecule has 342 valence electrons. The molecule has 5 unspecified atom stereocenters. The summed E-state index contributed by atoms with van der Waals surface area (Å²) >= 11 is 0. The Labute approximate surface area is 376 Å². The molecule has 6 rings (SSSR count). The number of aromatic nitrogens is 3. The Morgan fingerprint density at radius 3 is 2.52 bits per heavy atom. The summed E-state index contributed by atoms with van der Waals surface area (Å²) in [4.78, 5) is 28.0. The van der Waals surface area contributed by atoms with Crippen molar-refractivity contribution in [1.82, 2.24) is 40.9 Å². The van der Waals surface area contributed by atoms with E-state index in [9.17, 15) is 9.18 Å². The second-order valence-corrected chi connectivity index (χ2v) is 17.1. The molecule has 0 aliphatic carbocycles. The first kappa shape index (κ1) is 50.5. The molecular formula is C51H74FN9O2. The number of benzene rings is 1. The van der Waals surface area contributed by atoms with Gasteiger partial charge in [-0.1, -0.05) is 97.0 Å². The van der Waals surface area contributed by atoms with Crippen LogP contribution in [0, 0.1) is 18.8 Å². The molecule has 6 N–H and O–H groups in total. The highest BCUT2D eigenvalue weighted by atomic mass is 19.1. The maximum Gasteiger partial charge on any atom is 0.241 e. The smallest absolute Gasteiger partial charge is 0.241 e. The zero-order chi connectivity index (χ0) is 46.1. The second-order valence-electron chi connectivity index (χ2n) is 17.1. The molecule has 3 aromatic rings. The Hall–Kier alpha value is -5.14. The maximum atomic E-state index is 13.9. The summed E-state index contributed by atoms with van der Waals surface area (Å²) in [5.74, 6) is 1.95. The van der Waals surface area contributed by atoms with Gasteiger partial charge in [0.25, 0.3) is 0 Å². The van der Waals surface area contributed by atoms with Crippen LogP contribution in [0.2, 0.25) is 0 Å². The minimum atomic E-state index is -0.854. The number of likely N-dealkylation sites (N-methyl/N-ethyl adjacent to an activating group) is 1. The minimum Gasteiger partial charge on any atom is -0.363 e. The van der Waals surface area contributed by atoms with E-state index in [-0.39, 0.29) is 36.1 Å². The number of allylic oxidation sites excluding steroid dienone is 5. The number of hydrogen-bond acceptors (Lipinski definition) is 8. The second kappa shape index (κ2) is 25.2. The number of halogens is 1. The Bertz CT molecular complexity index is 2110. The van der Waals surface area contributed by atoms with Crippen molar-refractivity contribution in [3.63, 3.8) is 0 Å². The van der Waals surface area contributed by atoms with E-state index in [0.717, 1.165) is 82.5 Å². The highest BCUT2D eigenvalue weighted by molar-refractivity contribution is 5.83. The fourth-order valence-electron chi connectivity index (χ4n) is 8.10. The third-order valence-electron chi connectivity index (χ3n) is 11.7. The average molecular weight is 864 g/mol. The van der Waals surface area contributed by atoms with E-state index < -0.39 is 6.17 Å². The van der Waals surface area contributed by atoms with Crippen molar-refractivity contribution in [3.8, 4) is 22.5 Å². The molecule has 11 nitrogen and oxygen atoms in total. The minimum absolute atomic E-state index is 0.0186. The SMILES string of the molecule is C=C/C(=C\C=C/C)C1Cc2cc(-c3cnc(C4CC(F)CN4)[nH]3)ccc2-c2cc(C)cc(/C(=C/N=C)NC3CCCN3C(=O)C(NCC)C(C)C)cccn21.CCC(C)C.CNO. The lowest BCUT2D eigenvalue weighted by Crippen LogP contribution is -2.53. The Kier molecular flexibility index (Phi) is 20.2. The number of H-pyrrole nitrogens is 1. The summed E-state index contributed by atoms with van der Waals surface area (Å²) in [6, 6.07) is 14.8. The molecule has 12 heteroatoms. The van der Waals surface area contributed by atoms with E-state index in [0.29, 0.717) is 19.5 Å². The number of carbonyl (C=O) groups is 1. The molecule has 2 saturated heterocycles. The van der Waals surface area contributed by atoms with Crippen molar-refractivity contribution in [2.75, 3.05) is 26.7 Å². The van der Waals surface area contributed by atoms with E-state index in [2.05, 4.69) is 151 Å². The number of aliphatic imine (C=N–C) groups is 1. The molecule has 2 fully saturated rings. The molecule has 3 aliphatic heterocycles. The van der Waals surface area contributed by atoms with Gasteiger partial charge < -0.3 is 35.6 Å². The molecule has 5 heterocycles. The van der Waals surface area contributed by atoms with Crippen LogP contribution in [-0.2, 0) is 11.2 Å². The number of aromatic amines is 1. The van der Waals surface area contributed by atoms with Crippen LogP contribution in [0.3, 0.4) is 0 Å².